The summed E-state index contributed by atoms with van der Waals surface area (Å²) in [6, 6.07) is 0. The standard InChI is InChI=1S/C12H25N3O2/c1-9-4-3-5-12(16,6-9)8-14-7-10(2)11(13)15-17/h9-10,14,16-17H,3-8H2,1-2H3,(H2,13,15). The third-order valence-corrected chi connectivity index (χ3v) is 3.59. The molecule has 1 fully saturated rings. The average molecular weight is 243 g/mol. The highest BCUT2D eigenvalue weighted by atomic mass is 16.4. The number of nitrogens with zero attached hydrogens (tertiary/aromatic N) is 1. The number of nitrogens with one attached hydrogen (secondary N) is 1. The Hall–Kier alpha value is -0.810. The van der Waals surface area contributed by atoms with Crippen molar-refractivity contribution in [1.29, 1.82) is 0 Å². The van der Waals surface area contributed by atoms with Crippen molar-refractivity contribution in [3.63, 3.8) is 0 Å². The summed E-state index contributed by atoms with van der Waals surface area (Å²) in [5.74, 6) is 0.795. The maximum absolute atomic E-state index is 10.4. The molecule has 0 bridgehead atoms. The van der Waals surface area contributed by atoms with Crippen LogP contribution in [0, 0.1) is 11.8 Å². The largest absolute Gasteiger partial charge is 0.409 e. The topological polar surface area (TPSA) is 90.9 Å². The summed E-state index contributed by atoms with van der Waals surface area (Å²) in [6.07, 6.45) is 4.03. The van der Waals surface area contributed by atoms with Gasteiger partial charge in [0.1, 0.15) is 5.84 Å². The van der Waals surface area contributed by atoms with E-state index in [0.29, 0.717) is 19.0 Å². The molecule has 0 aromatic carbocycles. The van der Waals surface area contributed by atoms with Crippen molar-refractivity contribution in [2.24, 2.45) is 22.7 Å². The number of rotatable bonds is 5. The molecule has 0 amide bonds. The van der Waals surface area contributed by atoms with Gasteiger partial charge in [-0.25, -0.2) is 0 Å². The summed E-state index contributed by atoms with van der Waals surface area (Å²) in [6.45, 7) is 5.27. The van der Waals surface area contributed by atoms with Crippen LogP contribution in [0.15, 0.2) is 5.16 Å². The molecule has 1 aliphatic rings. The maximum Gasteiger partial charge on any atom is 0.143 e. The first-order valence-electron chi connectivity index (χ1n) is 6.37. The molecule has 100 valence electrons. The Morgan fingerprint density at radius 3 is 2.94 bits per heavy atom. The van der Waals surface area contributed by atoms with Crippen LogP contribution in [0.1, 0.15) is 39.5 Å². The van der Waals surface area contributed by atoms with Gasteiger partial charge in [0.2, 0.25) is 0 Å². The van der Waals surface area contributed by atoms with Gasteiger partial charge in [0.25, 0.3) is 0 Å². The van der Waals surface area contributed by atoms with Gasteiger partial charge in [-0.3, -0.25) is 0 Å². The average Bonchev–Trinajstić information content (AvgIpc) is 2.27. The van der Waals surface area contributed by atoms with E-state index in [0.717, 1.165) is 19.3 Å². The van der Waals surface area contributed by atoms with Crippen LogP contribution in [0.3, 0.4) is 0 Å². The lowest BCUT2D eigenvalue weighted by atomic mass is 9.79. The molecule has 3 unspecified atom stereocenters. The molecule has 0 aliphatic heterocycles. The van der Waals surface area contributed by atoms with Crippen LogP contribution in [0.2, 0.25) is 0 Å². The first-order valence-corrected chi connectivity index (χ1v) is 6.37. The van der Waals surface area contributed by atoms with E-state index in [9.17, 15) is 5.11 Å². The van der Waals surface area contributed by atoms with Crippen LogP contribution in [0.4, 0.5) is 0 Å². The van der Waals surface area contributed by atoms with Crippen molar-refractivity contribution in [3.8, 4) is 0 Å². The number of hydrogen-bond donors (Lipinski definition) is 4. The van der Waals surface area contributed by atoms with Crippen molar-refractivity contribution in [1.82, 2.24) is 5.32 Å². The molecular formula is C12H25N3O2. The molecule has 0 heterocycles. The summed E-state index contributed by atoms with van der Waals surface area (Å²) in [5, 5.41) is 25.1. The van der Waals surface area contributed by atoms with Gasteiger partial charge in [-0.1, -0.05) is 31.8 Å². The van der Waals surface area contributed by atoms with Gasteiger partial charge in [0.05, 0.1) is 5.60 Å². The predicted octanol–water partition coefficient (Wildman–Crippen LogP) is 0.900. The minimum atomic E-state index is -0.581. The molecule has 0 spiro atoms. The molecule has 3 atom stereocenters. The van der Waals surface area contributed by atoms with Crippen LogP contribution in [0.5, 0.6) is 0 Å². The highest BCUT2D eigenvalue weighted by molar-refractivity contribution is 5.82. The summed E-state index contributed by atoms with van der Waals surface area (Å²) in [4.78, 5) is 0. The van der Waals surface area contributed by atoms with Crippen molar-refractivity contribution >= 4 is 5.84 Å². The van der Waals surface area contributed by atoms with Crippen molar-refractivity contribution in [2.45, 2.75) is 45.1 Å². The molecule has 5 heteroatoms. The zero-order chi connectivity index (χ0) is 12.9. The smallest absolute Gasteiger partial charge is 0.143 e. The first kappa shape index (κ1) is 14.3. The maximum atomic E-state index is 10.4. The van der Waals surface area contributed by atoms with Crippen LogP contribution in [-0.2, 0) is 0 Å². The fourth-order valence-corrected chi connectivity index (χ4v) is 2.52. The van der Waals surface area contributed by atoms with E-state index in [4.69, 9.17) is 10.9 Å². The Kier molecular flexibility index (Phi) is 5.21. The Morgan fingerprint density at radius 1 is 1.65 bits per heavy atom. The zero-order valence-corrected chi connectivity index (χ0v) is 10.8. The predicted molar refractivity (Wildman–Crippen MR) is 68.0 cm³/mol. The highest BCUT2D eigenvalue weighted by Gasteiger charge is 2.32. The minimum absolute atomic E-state index is 0.0235. The van der Waals surface area contributed by atoms with Crippen molar-refractivity contribution in [2.75, 3.05) is 13.1 Å². The zero-order valence-electron chi connectivity index (χ0n) is 10.8. The first-order chi connectivity index (χ1) is 7.97. The van der Waals surface area contributed by atoms with E-state index >= 15 is 0 Å². The molecular weight excluding hydrogens is 218 g/mol. The van der Waals surface area contributed by atoms with Gasteiger partial charge in [-0.15, -0.1) is 0 Å². The van der Waals surface area contributed by atoms with Gasteiger partial charge in [0.15, 0.2) is 0 Å². The lowest BCUT2D eigenvalue weighted by Crippen LogP contribution is -2.45. The Labute approximate surface area is 103 Å². The highest BCUT2D eigenvalue weighted by Crippen LogP contribution is 2.31. The molecule has 0 radical (unpaired) electrons. The fraction of sp³-hybridized carbons (Fsp3) is 0.917. The minimum Gasteiger partial charge on any atom is -0.409 e. The second-order valence-electron chi connectivity index (χ2n) is 5.48. The van der Waals surface area contributed by atoms with Crippen molar-refractivity contribution < 1.29 is 10.3 Å². The molecule has 0 aromatic heterocycles. The van der Waals surface area contributed by atoms with Gasteiger partial charge < -0.3 is 21.4 Å². The second kappa shape index (κ2) is 6.21. The third kappa shape index (κ3) is 4.52. The van der Waals surface area contributed by atoms with E-state index in [1.807, 2.05) is 6.92 Å². The second-order valence-corrected chi connectivity index (χ2v) is 5.48. The van der Waals surface area contributed by atoms with Crippen molar-refractivity contribution in [3.05, 3.63) is 0 Å². The van der Waals surface area contributed by atoms with Crippen LogP contribution in [0.25, 0.3) is 0 Å². The molecule has 1 aliphatic carbocycles. The Balaban J connectivity index is 2.30. The molecule has 0 saturated heterocycles. The van der Waals surface area contributed by atoms with Crippen LogP contribution >= 0.6 is 0 Å². The van der Waals surface area contributed by atoms with E-state index in [1.165, 1.54) is 6.42 Å². The summed E-state index contributed by atoms with van der Waals surface area (Å²) in [7, 11) is 0. The third-order valence-electron chi connectivity index (χ3n) is 3.59. The number of aliphatic hydroxyl groups is 1. The lowest BCUT2D eigenvalue weighted by molar-refractivity contribution is -0.0118. The molecule has 0 aromatic rings. The van der Waals surface area contributed by atoms with Gasteiger partial charge in [-0.2, -0.15) is 0 Å². The normalized spacial score (nSPS) is 32.4. The van der Waals surface area contributed by atoms with Crippen LogP contribution < -0.4 is 11.1 Å². The summed E-state index contributed by atoms with van der Waals surface area (Å²) >= 11 is 0. The molecule has 1 rings (SSSR count). The summed E-state index contributed by atoms with van der Waals surface area (Å²) in [5.41, 5.74) is 4.91. The fourth-order valence-electron chi connectivity index (χ4n) is 2.52. The quantitative estimate of drug-likeness (QED) is 0.250. The molecule has 1 saturated carbocycles. The molecule has 5 N–H and O–H groups in total. The Bertz CT molecular complexity index is 270. The van der Waals surface area contributed by atoms with Gasteiger partial charge in [0, 0.05) is 19.0 Å². The Morgan fingerprint density at radius 2 is 2.35 bits per heavy atom. The number of oxime groups is 1. The number of hydrogen-bond acceptors (Lipinski definition) is 4. The van der Waals surface area contributed by atoms with E-state index in [2.05, 4.69) is 17.4 Å². The molecule has 17 heavy (non-hydrogen) atoms. The SMILES string of the molecule is CC1CCCC(O)(CNCC(C)C(N)=NO)C1. The van der Waals surface area contributed by atoms with Crippen LogP contribution in [-0.4, -0.2) is 34.8 Å². The van der Waals surface area contributed by atoms with E-state index < -0.39 is 5.60 Å². The lowest BCUT2D eigenvalue weighted by Gasteiger charge is -2.36. The van der Waals surface area contributed by atoms with Gasteiger partial charge >= 0.3 is 0 Å². The van der Waals surface area contributed by atoms with Gasteiger partial charge in [-0.05, 0) is 18.8 Å². The summed E-state index contributed by atoms with van der Waals surface area (Å²) < 4.78 is 0. The number of amidine groups is 1. The van der Waals surface area contributed by atoms with E-state index in [1.54, 1.807) is 0 Å². The monoisotopic (exact) mass is 243 g/mol. The number of nitrogens with two attached hydrogens (primary N) is 1. The molecule has 5 nitrogen and oxygen atoms in total. The van der Waals surface area contributed by atoms with E-state index in [-0.39, 0.29) is 11.8 Å².